The molecule has 4 rings (SSSR count). The number of carboxylic acid groups (broad SMARTS) is 1. The molecule has 4 aliphatic carbocycles. The van der Waals surface area contributed by atoms with Crippen molar-refractivity contribution in [2.24, 2.45) is 34.5 Å². The van der Waals surface area contributed by atoms with Crippen molar-refractivity contribution in [1.29, 1.82) is 0 Å². The highest BCUT2D eigenvalue weighted by Crippen LogP contribution is 2.66. The van der Waals surface area contributed by atoms with Crippen LogP contribution in [-0.2, 0) is 4.79 Å². The van der Waals surface area contributed by atoms with Crippen LogP contribution < -0.4 is 0 Å². The molecule has 0 spiro atoms. The van der Waals surface area contributed by atoms with Crippen molar-refractivity contribution < 1.29 is 15.0 Å². The van der Waals surface area contributed by atoms with Gasteiger partial charge < -0.3 is 10.2 Å². The third-order valence-electron chi connectivity index (χ3n) is 9.12. The van der Waals surface area contributed by atoms with Gasteiger partial charge in [-0.15, -0.1) is 0 Å². The second kappa shape index (κ2) is 6.76. The first-order chi connectivity index (χ1) is 12.8. The zero-order valence-electron chi connectivity index (χ0n) is 17.2. The monoisotopic (exact) mass is 372 g/mol. The third-order valence-corrected chi connectivity index (χ3v) is 9.12. The van der Waals surface area contributed by atoms with E-state index in [1.807, 2.05) is 0 Å². The molecule has 0 aliphatic heterocycles. The summed E-state index contributed by atoms with van der Waals surface area (Å²) in [5.41, 5.74) is 3.73. The van der Waals surface area contributed by atoms with E-state index in [2.05, 4.69) is 32.9 Å². The van der Waals surface area contributed by atoms with E-state index < -0.39 is 5.97 Å². The predicted octanol–water partition coefficient (Wildman–Crippen LogP) is 5.35. The standard InChI is InChI=1S/C24H36O3/c1-15(4-9-22(26)27)19-7-8-20-18-6-5-16-14-17(25)10-12-23(16,2)21(18)11-13-24(19,20)3/h5-6,15,17,19-21,25H,4,7-14H2,1-3H3,(H,26,27)/t15-,17+,19-,20+,21+,23+,24-/m1/s1. The Morgan fingerprint density at radius 1 is 1.15 bits per heavy atom. The summed E-state index contributed by atoms with van der Waals surface area (Å²) < 4.78 is 0. The van der Waals surface area contributed by atoms with Gasteiger partial charge >= 0.3 is 5.97 Å². The highest BCUT2D eigenvalue weighted by Gasteiger charge is 2.56. The SMILES string of the molecule is C[C@H](CCC(=O)O)[C@H]1CC[C@H]2C3=CC=C4C[C@@H](O)CC[C@]4(C)[C@H]3CC[C@]12C. The quantitative estimate of drug-likeness (QED) is 0.699. The maximum absolute atomic E-state index is 11.0. The van der Waals surface area contributed by atoms with Crippen molar-refractivity contribution in [2.75, 3.05) is 0 Å². The number of rotatable bonds is 4. The molecule has 4 aliphatic rings. The molecule has 27 heavy (non-hydrogen) atoms. The van der Waals surface area contributed by atoms with Gasteiger partial charge in [0.25, 0.3) is 0 Å². The van der Waals surface area contributed by atoms with Crippen molar-refractivity contribution in [3.63, 3.8) is 0 Å². The molecule has 0 bridgehead atoms. The third kappa shape index (κ3) is 3.01. The van der Waals surface area contributed by atoms with Crippen LogP contribution in [0.25, 0.3) is 0 Å². The average Bonchev–Trinajstić information content (AvgIpc) is 2.97. The number of hydrogen-bond donors (Lipinski definition) is 2. The average molecular weight is 373 g/mol. The Balaban J connectivity index is 1.59. The van der Waals surface area contributed by atoms with Crippen molar-refractivity contribution in [3.8, 4) is 0 Å². The number of aliphatic carboxylic acids is 1. The molecule has 0 saturated heterocycles. The van der Waals surface area contributed by atoms with Gasteiger partial charge in [0.15, 0.2) is 0 Å². The van der Waals surface area contributed by atoms with Crippen LogP contribution in [0.3, 0.4) is 0 Å². The fourth-order valence-corrected chi connectivity index (χ4v) is 7.51. The van der Waals surface area contributed by atoms with Gasteiger partial charge in [0.2, 0.25) is 0 Å². The Hall–Kier alpha value is -1.09. The van der Waals surface area contributed by atoms with Gasteiger partial charge in [-0.3, -0.25) is 4.79 Å². The Kier molecular flexibility index (Phi) is 4.81. The fraction of sp³-hybridized carbons (Fsp3) is 0.792. The Bertz CT molecular complexity index is 677. The molecule has 0 heterocycles. The predicted molar refractivity (Wildman–Crippen MR) is 107 cm³/mol. The molecular formula is C24H36O3. The first-order valence-electron chi connectivity index (χ1n) is 11.1. The second-order valence-electron chi connectivity index (χ2n) is 10.4. The molecule has 2 N–H and O–H groups in total. The largest absolute Gasteiger partial charge is 0.481 e. The highest BCUT2D eigenvalue weighted by molar-refractivity contribution is 5.66. The molecule has 0 unspecified atom stereocenters. The molecule has 150 valence electrons. The van der Waals surface area contributed by atoms with Crippen LogP contribution in [0.1, 0.15) is 78.6 Å². The Labute approximate surface area is 163 Å². The molecule has 3 saturated carbocycles. The lowest BCUT2D eigenvalue weighted by molar-refractivity contribution is -0.137. The lowest BCUT2D eigenvalue weighted by atomic mass is 9.50. The van der Waals surface area contributed by atoms with Gasteiger partial charge in [-0.25, -0.2) is 0 Å². The fourth-order valence-electron chi connectivity index (χ4n) is 7.51. The minimum absolute atomic E-state index is 0.154. The summed E-state index contributed by atoms with van der Waals surface area (Å²) in [6.45, 7) is 7.23. The van der Waals surface area contributed by atoms with E-state index >= 15 is 0 Å². The number of carbonyl (C=O) groups is 1. The van der Waals surface area contributed by atoms with Gasteiger partial charge in [-0.1, -0.05) is 44.1 Å². The zero-order valence-corrected chi connectivity index (χ0v) is 17.2. The molecule has 3 heteroatoms. The summed E-state index contributed by atoms with van der Waals surface area (Å²) in [5.74, 6) is 1.79. The second-order valence-corrected chi connectivity index (χ2v) is 10.4. The number of carboxylic acids is 1. The summed E-state index contributed by atoms with van der Waals surface area (Å²) in [7, 11) is 0. The topological polar surface area (TPSA) is 57.5 Å². The van der Waals surface area contributed by atoms with Crippen molar-refractivity contribution in [1.82, 2.24) is 0 Å². The van der Waals surface area contributed by atoms with Gasteiger partial charge in [-0.2, -0.15) is 0 Å². The minimum Gasteiger partial charge on any atom is -0.481 e. The van der Waals surface area contributed by atoms with E-state index in [0.29, 0.717) is 35.5 Å². The van der Waals surface area contributed by atoms with Crippen molar-refractivity contribution in [2.45, 2.75) is 84.7 Å². The van der Waals surface area contributed by atoms with E-state index in [9.17, 15) is 9.90 Å². The summed E-state index contributed by atoms with van der Waals surface area (Å²) in [6, 6.07) is 0. The van der Waals surface area contributed by atoms with Crippen LogP contribution in [0.4, 0.5) is 0 Å². The van der Waals surface area contributed by atoms with E-state index in [1.54, 1.807) is 5.57 Å². The summed E-state index contributed by atoms with van der Waals surface area (Å²) in [6.07, 6.45) is 13.7. The molecule has 0 radical (unpaired) electrons. The van der Waals surface area contributed by atoms with E-state index in [-0.39, 0.29) is 11.5 Å². The first-order valence-corrected chi connectivity index (χ1v) is 11.1. The summed E-state index contributed by atoms with van der Waals surface area (Å²) in [5, 5.41) is 19.2. The van der Waals surface area contributed by atoms with Gasteiger partial charge in [-0.05, 0) is 85.9 Å². The number of aliphatic hydroxyl groups is 1. The molecule has 0 aromatic carbocycles. The van der Waals surface area contributed by atoms with E-state index in [1.165, 1.54) is 31.3 Å². The molecule has 0 aromatic heterocycles. The number of hydrogen-bond acceptors (Lipinski definition) is 2. The molecule has 3 fully saturated rings. The lowest BCUT2D eigenvalue weighted by Gasteiger charge is -2.55. The normalized spacial score (nSPS) is 44.4. The smallest absolute Gasteiger partial charge is 0.303 e. The molecule has 0 aromatic rings. The van der Waals surface area contributed by atoms with Crippen LogP contribution in [0.15, 0.2) is 23.3 Å². The first kappa shape index (κ1) is 19.2. The van der Waals surface area contributed by atoms with Crippen LogP contribution in [-0.4, -0.2) is 22.3 Å². The molecule has 3 nitrogen and oxygen atoms in total. The number of allylic oxidation sites excluding steroid dienone is 3. The minimum atomic E-state index is -0.662. The van der Waals surface area contributed by atoms with Gasteiger partial charge in [0.05, 0.1) is 6.10 Å². The zero-order chi connectivity index (χ0) is 19.4. The maximum Gasteiger partial charge on any atom is 0.303 e. The summed E-state index contributed by atoms with van der Waals surface area (Å²) in [4.78, 5) is 11.0. The molecule has 0 amide bonds. The summed E-state index contributed by atoms with van der Waals surface area (Å²) >= 11 is 0. The maximum atomic E-state index is 11.0. The lowest BCUT2D eigenvalue weighted by Crippen LogP contribution is -2.46. The number of fused-ring (bicyclic) bond motifs is 5. The highest BCUT2D eigenvalue weighted by atomic mass is 16.4. The number of aliphatic hydroxyl groups excluding tert-OH is 1. The van der Waals surface area contributed by atoms with Crippen LogP contribution in [0.2, 0.25) is 0 Å². The van der Waals surface area contributed by atoms with Crippen molar-refractivity contribution in [3.05, 3.63) is 23.3 Å². The van der Waals surface area contributed by atoms with Crippen LogP contribution in [0, 0.1) is 34.5 Å². The Morgan fingerprint density at radius 2 is 1.93 bits per heavy atom. The van der Waals surface area contributed by atoms with E-state index in [0.717, 1.165) is 25.7 Å². The van der Waals surface area contributed by atoms with Gasteiger partial charge in [0, 0.05) is 6.42 Å². The van der Waals surface area contributed by atoms with E-state index in [4.69, 9.17) is 5.11 Å². The molecular weight excluding hydrogens is 336 g/mol. The van der Waals surface area contributed by atoms with Crippen LogP contribution in [0.5, 0.6) is 0 Å². The van der Waals surface area contributed by atoms with Crippen LogP contribution >= 0.6 is 0 Å². The van der Waals surface area contributed by atoms with Gasteiger partial charge in [0.1, 0.15) is 0 Å². The Morgan fingerprint density at radius 3 is 2.67 bits per heavy atom. The molecule has 7 atom stereocenters. The van der Waals surface area contributed by atoms with Crippen molar-refractivity contribution >= 4 is 5.97 Å².